The Morgan fingerprint density at radius 3 is 2.39 bits per heavy atom. The molecule has 0 heterocycles. The smallest absolute Gasteiger partial charge is 0.419 e. The van der Waals surface area contributed by atoms with E-state index in [-0.39, 0.29) is 12.7 Å². The number of hydrogen-bond donors (Lipinski definition) is 0. The molecule has 0 aliphatic heterocycles. The summed E-state index contributed by atoms with van der Waals surface area (Å²) >= 11 is 0. The predicted octanol–water partition coefficient (Wildman–Crippen LogP) is 2.59. The molecule has 0 aliphatic rings. The number of alkyl halides is 3. The van der Waals surface area contributed by atoms with E-state index in [0.717, 1.165) is 6.07 Å². The van der Waals surface area contributed by atoms with Gasteiger partial charge in [0.1, 0.15) is 5.82 Å². The second-order valence-corrected chi connectivity index (χ2v) is 3.24. The second kappa shape index (κ2) is 5.16. The molecule has 0 unspecified atom stereocenters. The molecule has 98 valence electrons. The Morgan fingerprint density at radius 1 is 1.28 bits per heavy atom. The highest BCUT2D eigenvalue weighted by Crippen LogP contribution is 2.31. The molecule has 0 radical (unpaired) electrons. The van der Waals surface area contributed by atoms with Crippen molar-refractivity contribution in [3.8, 4) is 0 Å². The van der Waals surface area contributed by atoms with Crippen LogP contribution >= 0.6 is 0 Å². The Kier molecular flexibility index (Phi) is 4.05. The average Bonchev–Trinajstić information content (AvgIpc) is 2.27. The zero-order valence-electron chi connectivity index (χ0n) is 9.18. The van der Waals surface area contributed by atoms with E-state index in [0.29, 0.717) is 6.07 Å². The number of ether oxygens (including phenoxy) is 1. The Balaban J connectivity index is 3.13. The van der Waals surface area contributed by atoms with Gasteiger partial charge in [-0.25, -0.2) is 9.18 Å². The molecule has 0 aromatic heterocycles. The van der Waals surface area contributed by atoms with Crippen molar-refractivity contribution in [2.75, 3.05) is 6.61 Å². The highest BCUT2D eigenvalue weighted by molar-refractivity contribution is 6.40. The number of rotatable bonds is 3. The standard InChI is InChI=1S/C11H8F4O3/c1-2-18-10(17)9(16)6-3-4-8(12)7(5-6)11(13,14)15/h3-5H,2H2,1H3. The fourth-order valence-electron chi connectivity index (χ4n) is 1.20. The molecule has 0 fully saturated rings. The maximum atomic E-state index is 12.9. The van der Waals surface area contributed by atoms with Gasteiger partial charge in [0.2, 0.25) is 0 Å². The highest BCUT2D eigenvalue weighted by atomic mass is 19.4. The first-order valence-electron chi connectivity index (χ1n) is 4.85. The zero-order chi connectivity index (χ0) is 13.9. The third kappa shape index (κ3) is 3.06. The zero-order valence-corrected chi connectivity index (χ0v) is 9.18. The minimum Gasteiger partial charge on any atom is -0.460 e. The Morgan fingerprint density at radius 2 is 1.89 bits per heavy atom. The van der Waals surface area contributed by atoms with E-state index in [1.807, 2.05) is 0 Å². The summed E-state index contributed by atoms with van der Waals surface area (Å²) in [5, 5.41) is 0. The molecule has 0 atom stereocenters. The molecular formula is C11H8F4O3. The summed E-state index contributed by atoms with van der Waals surface area (Å²) in [4.78, 5) is 22.4. The van der Waals surface area contributed by atoms with Crippen LogP contribution in [0.4, 0.5) is 17.6 Å². The number of hydrogen-bond acceptors (Lipinski definition) is 3. The normalized spacial score (nSPS) is 11.2. The van der Waals surface area contributed by atoms with Crippen LogP contribution in [0.2, 0.25) is 0 Å². The van der Waals surface area contributed by atoms with Gasteiger partial charge in [0.25, 0.3) is 5.78 Å². The van der Waals surface area contributed by atoms with Gasteiger partial charge >= 0.3 is 12.1 Å². The highest BCUT2D eigenvalue weighted by Gasteiger charge is 2.35. The summed E-state index contributed by atoms with van der Waals surface area (Å²) in [7, 11) is 0. The molecule has 7 heteroatoms. The maximum Gasteiger partial charge on any atom is 0.419 e. The summed E-state index contributed by atoms with van der Waals surface area (Å²) in [5.41, 5.74) is -2.17. The van der Waals surface area contributed by atoms with E-state index in [2.05, 4.69) is 4.74 Å². The first kappa shape index (κ1) is 14.1. The van der Waals surface area contributed by atoms with E-state index >= 15 is 0 Å². The van der Waals surface area contributed by atoms with Crippen LogP contribution in [-0.4, -0.2) is 18.4 Å². The monoisotopic (exact) mass is 264 g/mol. The first-order valence-corrected chi connectivity index (χ1v) is 4.85. The van der Waals surface area contributed by atoms with E-state index < -0.39 is 34.9 Å². The van der Waals surface area contributed by atoms with Gasteiger partial charge in [-0.15, -0.1) is 0 Å². The van der Waals surface area contributed by atoms with E-state index in [1.54, 1.807) is 0 Å². The van der Waals surface area contributed by atoms with Gasteiger partial charge in [0.05, 0.1) is 12.2 Å². The number of esters is 1. The van der Waals surface area contributed by atoms with Crippen LogP contribution < -0.4 is 0 Å². The SMILES string of the molecule is CCOC(=O)C(=O)c1ccc(F)c(C(F)(F)F)c1. The van der Waals surface area contributed by atoms with Crippen LogP contribution in [0.15, 0.2) is 18.2 Å². The van der Waals surface area contributed by atoms with Crippen molar-refractivity contribution < 1.29 is 31.9 Å². The number of Topliss-reactive ketones (excluding diaryl/α,β-unsaturated/α-hetero) is 1. The molecular weight excluding hydrogens is 256 g/mol. The van der Waals surface area contributed by atoms with Crippen molar-refractivity contribution in [3.63, 3.8) is 0 Å². The van der Waals surface area contributed by atoms with Crippen molar-refractivity contribution in [2.45, 2.75) is 13.1 Å². The fourth-order valence-corrected chi connectivity index (χ4v) is 1.20. The van der Waals surface area contributed by atoms with Crippen LogP contribution in [0, 0.1) is 5.82 Å². The summed E-state index contributed by atoms with van der Waals surface area (Å²) in [6.07, 6.45) is -4.94. The molecule has 0 spiro atoms. The number of benzene rings is 1. The molecule has 0 amide bonds. The van der Waals surface area contributed by atoms with E-state index in [4.69, 9.17) is 0 Å². The van der Waals surface area contributed by atoms with Crippen molar-refractivity contribution in [3.05, 3.63) is 35.1 Å². The van der Waals surface area contributed by atoms with E-state index in [1.165, 1.54) is 6.92 Å². The maximum absolute atomic E-state index is 12.9. The summed E-state index contributed by atoms with van der Waals surface area (Å²) in [6.45, 7) is 1.36. The number of ketones is 1. The van der Waals surface area contributed by atoms with Gasteiger partial charge in [0.15, 0.2) is 0 Å². The van der Waals surface area contributed by atoms with Crippen LogP contribution in [0.5, 0.6) is 0 Å². The third-order valence-corrected chi connectivity index (χ3v) is 1.99. The molecule has 0 saturated carbocycles. The molecule has 18 heavy (non-hydrogen) atoms. The molecule has 0 N–H and O–H groups in total. The van der Waals surface area contributed by atoms with Gasteiger partial charge < -0.3 is 4.74 Å². The van der Waals surface area contributed by atoms with Crippen molar-refractivity contribution in [1.29, 1.82) is 0 Å². The summed E-state index contributed by atoms with van der Waals surface area (Å²) in [6, 6.07) is 1.56. The Labute approximate surface area is 99.4 Å². The van der Waals surface area contributed by atoms with Crippen LogP contribution in [-0.2, 0) is 15.7 Å². The molecule has 3 nitrogen and oxygen atoms in total. The first-order chi connectivity index (χ1) is 8.27. The van der Waals surface area contributed by atoms with Crippen molar-refractivity contribution in [1.82, 2.24) is 0 Å². The third-order valence-electron chi connectivity index (χ3n) is 1.99. The molecule has 1 aromatic rings. The van der Waals surface area contributed by atoms with Gasteiger partial charge in [-0.05, 0) is 25.1 Å². The summed E-state index contributed by atoms with van der Waals surface area (Å²) in [5.74, 6) is -4.04. The van der Waals surface area contributed by atoms with E-state index in [9.17, 15) is 27.2 Å². The lowest BCUT2D eigenvalue weighted by Crippen LogP contribution is -2.19. The second-order valence-electron chi connectivity index (χ2n) is 3.24. The quantitative estimate of drug-likeness (QED) is 0.365. The van der Waals surface area contributed by atoms with Crippen molar-refractivity contribution >= 4 is 11.8 Å². The van der Waals surface area contributed by atoms with Crippen LogP contribution in [0.25, 0.3) is 0 Å². The van der Waals surface area contributed by atoms with Gasteiger partial charge in [0, 0.05) is 5.56 Å². The van der Waals surface area contributed by atoms with Gasteiger partial charge in [-0.2, -0.15) is 13.2 Å². The fraction of sp³-hybridized carbons (Fsp3) is 0.273. The Bertz CT molecular complexity index is 480. The lowest BCUT2D eigenvalue weighted by Gasteiger charge is -2.09. The summed E-state index contributed by atoms with van der Waals surface area (Å²) < 4.78 is 54.4. The lowest BCUT2D eigenvalue weighted by molar-refractivity contribution is -0.140. The predicted molar refractivity (Wildman–Crippen MR) is 52.4 cm³/mol. The molecule has 0 bridgehead atoms. The van der Waals surface area contributed by atoms with Crippen molar-refractivity contribution in [2.24, 2.45) is 0 Å². The van der Waals surface area contributed by atoms with Gasteiger partial charge in [-0.1, -0.05) is 0 Å². The minimum atomic E-state index is -4.94. The largest absolute Gasteiger partial charge is 0.460 e. The number of carbonyl (C=O) groups excluding carboxylic acids is 2. The number of halogens is 4. The molecule has 1 rings (SSSR count). The number of carbonyl (C=O) groups is 2. The van der Waals surface area contributed by atoms with Crippen LogP contribution in [0.1, 0.15) is 22.8 Å². The van der Waals surface area contributed by atoms with Gasteiger partial charge in [-0.3, -0.25) is 4.79 Å². The Hall–Kier alpha value is -1.92. The lowest BCUT2D eigenvalue weighted by atomic mass is 10.1. The minimum absolute atomic E-state index is 0.0854. The molecule has 0 saturated heterocycles. The van der Waals surface area contributed by atoms with Crippen LogP contribution in [0.3, 0.4) is 0 Å². The molecule has 1 aromatic carbocycles. The topological polar surface area (TPSA) is 43.4 Å². The average molecular weight is 264 g/mol. The molecule has 0 aliphatic carbocycles.